The topological polar surface area (TPSA) is 115 Å². The van der Waals surface area contributed by atoms with Crippen LogP contribution in [0.4, 0.5) is 23.1 Å². The van der Waals surface area contributed by atoms with Crippen LogP contribution in [0.2, 0.25) is 0 Å². The van der Waals surface area contributed by atoms with Crippen molar-refractivity contribution in [2.75, 3.05) is 16.0 Å². The summed E-state index contributed by atoms with van der Waals surface area (Å²) >= 11 is 0. The van der Waals surface area contributed by atoms with Gasteiger partial charge in [0.1, 0.15) is 5.82 Å². The minimum absolute atomic E-state index is 0.561. The summed E-state index contributed by atoms with van der Waals surface area (Å²) in [7, 11) is 0. The van der Waals surface area contributed by atoms with Crippen LogP contribution in [0.5, 0.6) is 0 Å². The number of aromatic nitrogens is 2. The van der Waals surface area contributed by atoms with E-state index in [2.05, 4.69) is 26.3 Å². The van der Waals surface area contributed by atoms with Crippen LogP contribution in [0.25, 0.3) is 0 Å². The zero-order chi connectivity index (χ0) is 18.8. The predicted octanol–water partition coefficient (Wildman–Crippen LogP) is 3.19. The minimum Gasteiger partial charge on any atom is -0.398 e. The highest BCUT2D eigenvalue weighted by Gasteiger charge is 2.21. The van der Waals surface area contributed by atoms with E-state index >= 15 is 0 Å². The number of rotatable bonds is 4. The summed E-state index contributed by atoms with van der Waals surface area (Å²) in [4.78, 5) is 11.1. The van der Waals surface area contributed by atoms with Gasteiger partial charge >= 0.3 is 0 Å². The zero-order valence-corrected chi connectivity index (χ0v) is 14.5. The summed E-state index contributed by atoms with van der Waals surface area (Å²) < 4.78 is 0. The van der Waals surface area contributed by atoms with Crippen LogP contribution in [0.15, 0.2) is 48.7 Å². The number of anilines is 4. The standard InChI is InChI=1S/C20H17N7/c21-9-13-1-2-14-11-27(12-16(14)7-13)20-24-6-5-19(26-20)25-17-3-4-18(23)15(8-17)10-22/h1-8,10,22H,11-12,23H2,(H,24,25,26). The third-order valence-electron chi connectivity index (χ3n) is 4.50. The third-order valence-corrected chi connectivity index (χ3v) is 4.50. The molecule has 27 heavy (non-hydrogen) atoms. The maximum absolute atomic E-state index is 9.06. The first-order valence-electron chi connectivity index (χ1n) is 8.43. The molecule has 0 bridgehead atoms. The van der Waals surface area contributed by atoms with Crippen molar-refractivity contribution in [3.8, 4) is 6.07 Å². The number of hydrogen-bond donors (Lipinski definition) is 3. The highest BCUT2D eigenvalue weighted by Crippen LogP contribution is 2.28. The maximum atomic E-state index is 9.06. The fourth-order valence-corrected chi connectivity index (χ4v) is 3.10. The molecule has 0 fully saturated rings. The first-order valence-corrected chi connectivity index (χ1v) is 8.43. The van der Waals surface area contributed by atoms with Crippen LogP contribution in [0.3, 0.4) is 0 Å². The van der Waals surface area contributed by atoms with E-state index in [0.29, 0.717) is 41.7 Å². The summed E-state index contributed by atoms with van der Waals surface area (Å²) in [5.74, 6) is 1.28. The van der Waals surface area contributed by atoms with E-state index in [4.69, 9.17) is 16.4 Å². The van der Waals surface area contributed by atoms with Gasteiger partial charge in [-0.15, -0.1) is 0 Å². The van der Waals surface area contributed by atoms with Crippen LogP contribution in [0, 0.1) is 16.7 Å². The van der Waals surface area contributed by atoms with Crippen molar-refractivity contribution in [1.29, 1.82) is 10.7 Å². The van der Waals surface area contributed by atoms with Gasteiger partial charge in [0, 0.05) is 42.4 Å². The number of benzene rings is 2. The van der Waals surface area contributed by atoms with Crippen molar-refractivity contribution in [2.24, 2.45) is 0 Å². The molecule has 4 rings (SSSR count). The molecule has 132 valence electrons. The summed E-state index contributed by atoms with van der Waals surface area (Å²) in [5.41, 5.74) is 10.8. The second-order valence-corrected chi connectivity index (χ2v) is 6.31. The van der Waals surface area contributed by atoms with Gasteiger partial charge in [0.15, 0.2) is 0 Å². The summed E-state index contributed by atoms with van der Waals surface area (Å²) in [6.07, 6.45) is 2.94. The van der Waals surface area contributed by atoms with E-state index in [1.54, 1.807) is 24.4 Å². The number of nitrogens with zero attached hydrogens (tertiary/aromatic N) is 4. The van der Waals surface area contributed by atoms with Crippen LogP contribution in [-0.4, -0.2) is 16.2 Å². The molecule has 2 heterocycles. The molecule has 7 heteroatoms. The number of fused-ring (bicyclic) bond motifs is 1. The average Bonchev–Trinajstić information content (AvgIpc) is 3.13. The quantitative estimate of drug-likeness (QED) is 0.489. The van der Waals surface area contributed by atoms with Gasteiger partial charge in [-0.1, -0.05) is 6.07 Å². The number of hydrogen-bond acceptors (Lipinski definition) is 7. The van der Waals surface area contributed by atoms with Gasteiger partial charge in [0.25, 0.3) is 0 Å². The molecule has 1 aliphatic rings. The molecular weight excluding hydrogens is 338 g/mol. The van der Waals surface area contributed by atoms with Crippen LogP contribution in [0.1, 0.15) is 22.3 Å². The molecule has 7 nitrogen and oxygen atoms in total. The molecular formula is C20H17N7. The number of nitrogen functional groups attached to an aromatic ring is 1. The highest BCUT2D eigenvalue weighted by molar-refractivity contribution is 5.87. The van der Waals surface area contributed by atoms with Gasteiger partial charge in [0.05, 0.1) is 11.6 Å². The molecule has 1 aromatic heterocycles. The van der Waals surface area contributed by atoms with Gasteiger partial charge in [-0.2, -0.15) is 10.2 Å². The summed E-state index contributed by atoms with van der Waals surface area (Å²) in [6.45, 7) is 1.39. The molecule has 1 aliphatic heterocycles. The number of nitriles is 1. The van der Waals surface area contributed by atoms with Crippen molar-refractivity contribution >= 4 is 29.4 Å². The number of nitrogens with two attached hydrogens (primary N) is 1. The number of nitrogens with one attached hydrogen (secondary N) is 2. The molecule has 0 atom stereocenters. The Balaban J connectivity index is 1.55. The second kappa shape index (κ2) is 6.77. The van der Waals surface area contributed by atoms with E-state index in [9.17, 15) is 0 Å². The molecule has 0 saturated carbocycles. The van der Waals surface area contributed by atoms with Gasteiger partial charge in [-0.3, -0.25) is 0 Å². The molecule has 0 spiro atoms. The van der Waals surface area contributed by atoms with Crippen molar-refractivity contribution < 1.29 is 0 Å². The van der Waals surface area contributed by atoms with Gasteiger partial charge in [0.2, 0.25) is 5.95 Å². The Hall–Kier alpha value is -3.92. The van der Waals surface area contributed by atoms with E-state index in [0.717, 1.165) is 11.3 Å². The second-order valence-electron chi connectivity index (χ2n) is 6.31. The fraction of sp³-hybridized carbons (Fsp3) is 0.100. The van der Waals surface area contributed by atoms with E-state index in [1.807, 2.05) is 24.3 Å². The molecule has 3 aromatic rings. The molecule has 4 N–H and O–H groups in total. The smallest absolute Gasteiger partial charge is 0.227 e. The van der Waals surface area contributed by atoms with Crippen molar-refractivity contribution in [3.05, 3.63) is 70.9 Å². The minimum atomic E-state index is 0.561. The Kier molecular flexibility index (Phi) is 4.15. The van der Waals surface area contributed by atoms with E-state index in [-0.39, 0.29) is 0 Å². The lowest BCUT2D eigenvalue weighted by Gasteiger charge is -2.16. The first-order chi connectivity index (χ1) is 13.2. The fourth-order valence-electron chi connectivity index (χ4n) is 3.10. The van der Waals surface area contributed by atoms with E-state index in [1.165, 1.54) is 11.8 Å². The van der Waals surface area contributed by atoms with Gasteiger partial charge < -0.3 is 21.4 Å². The average molecular weight is 355 g/mol. The van der Waals surface area contributed by atoms with Crippen molar-refractivity contribution in [3.63, 3.8) is 0 Å². The van der Waals surface area contributed by atoms with E-state index < -0.39 is 0 Å². The largest absolute Gasteiger partial charge is 0.398 e. The molecule has 0 saturated heterocycles. The zero-order valence-electron chi connectivity index (χ0n) is 14.5. The Morgan fingerprint density at radius 2 is 2.00 bits per heavy atom. The van der Waals surface area contributed by atoms with Gasteiger partial charge in [-0.05, 0) is 47.5 Å². The summed E-state index contributed by atoms with van der Waals surface area (Å²) in [6, 6.07) is 15.1. The SMILES string of the molecule is N#Cc1ccc2c(c1)CN(c1nccc(Nc3ccc(N)c(C=N)c3)n1)C2. The Bertz CT molecular complexity index is 1070. The molecule has 0 amide bonds. The lowest BCUT2D eigenvalue weighted by Crippen LogP contribution is -2.17. The summed E-state index contributed by atoms with van der Waals surface area (Å²) in [5, 5.41) is 19.7. The first kappa shape index (κ1) is 16.5. The molecule has 0 unspecified atom stereocenters. The lowest BCUT2D eigenvalue weighted by atomic mass is 10.1. The third kappa shape index (κ3) is 3.28. The van der Waals surface area contributed by atoms with Gasteiger partial charge in [-0.25, -0.2) is 4.98 Å². The Labute approximate surface area is 156 Å². The Morgan fingerprint density at radius 3 is 2.81 bits per heavy atom. The maximum Gasteiger partial charge on any atom is 0.227 e. The molecule has 0 radical (unpaired) electrons. The Morgan fingerprint density at radius 1 is 1.15 bits per heavy atom. The molecule has 0 aliphatic carbocycles. The highest BCUT2D eigenvalue weighted by atomic mass is 15.3. The van der Waals surface area contributed by atoms with Crippen LogP contribution >= 0.6 is 0 Å². The monoisotopic (exact) mass is 355 g/mol. The van der Waals surface area contributed by atoms with Crippen LogP contribution in [-0.2, 0) is 13.1 Å². The normalized spacial score (nSPS) is 12.3. The lowest BCUT2D eigenvalue weighted by molar-refractivity contribution is 0.829. The van der Waals surface area contributed by atoms with Crippen LogP contribution < -0.4 is 16.0 Å². The van der Waals surface area contributed by atoms with Crippen molar-refractivity contribution in [2.45, 2.75) is 13.1 Å². The molecule has 2 aromatic carbocycles. The van der Waals surface area contributed by atoms with Crippen molar-refractivity contribution in [1.82, 2.24) is 9.97 Å². The predicted molar refractivity (Wildman–Crippen MR) is 105 cm³/mol.